The number of hydrogen-bond donors (Lipinski definition) is 0. The van der Waals surface area contributed by atoms with Gasteiger partial charge in [-0.25, -0.2) is 4.39 Å². The molecule has 0 aliphatic carbocycles. The van der Waals surface area contributed by atoms with Crippen molar-refractivity contribution in [2.24, 2.45) is 0 Å². The molecule has 2 nitrogen and oxygen atoms in total. The van der Waals surface area contributed by atoms with E-state index < -0.39 is 5.82 Å². The molecule has 0 saturated heterocycles. The first kappa shape index (κ1) is 12.9. The van der Waals surface area contributed by atoms with Crippen molar-refractivity contribution >= 4 is 32.5 Å². The molecule has 1 aromatic heterocycles. The van der Waals surface area contributed by atoms with Gasteiger partial charge in [-0.3, -0.25) is 9.78 Å². The summed E-state index contributed by atoms with van der Waals surface area (Å²) < 4.78 is 14.5. The van der Waals surface area contributed by atoms with Crippen LogP contribution in [0.25, 0.3) is 10.8 Å². The Bertz CT molecular complexity index is 811. The highest BCUT2D eigenvalue weighted by atomic mass is 79.9. The van der Waals surface area contributed by atoms with Gasteiger partial charge in [0.15, 0.2) is 5.78 Å². The van der Waals surface area contributed by atoms with Gasteiger partial charge in [-0.1, -0.05) is 34.1 Å². The van der Waals surface area contributed by atoms with Crippen molar-refractivity contribution in [1.29, 1.82) is 0 Å². The van der Waals surface area contributed by atoms with E-state index in [1.807, 2.05) is 6.07 Å². The monoisotopic (exact) mass is 329 g/mol. The van der Waals surface area contributed by atoms with Crippen LogP contribution in [0, 0.1) is 5.82 Å². The summed E-state index contributed by atoms with van der Waals surface area (Å²) in [6.45, 7) is 0. The highest BCUT2D eigenvalue weighted by molar-refractivity contribution is 9.10. The topological polar surface area (TPSA) is 30.0 Å². The molecule has 0 saturated carbocycles. The van der Waals surface area contributed by atoms with Crippen molar-refractivity contribution in [1.82, 2.24) is 4.98 Å². The Kier molecular flexibility index (Phi) is 3.32. The van der Waals surface area contributed by atoms with E-state index in [1.165, 1.54) is 12.1 Å². The fourth-order valence-electron chi connectivity index (χ4n) is 2.14. The van der Waals surface area contributed by atoms with E-state index in [1.54, 1.807) is 36.7 Å². The van der Waals surface area contributed by atoms with E-state index in [0.29, 0.717) is 10.0 Å². The van der Waals surface area contributed by atoms with E-state index in [2.05, 4.69) is 20.9 Å². The van der Waals surface area contributed by atoms with Gasteiger partial charge in [-0.2, -0.15) is 0 Å². The maximum Gasteiger partial charge on any atom is 0.196 e. The molecule has 0 bridgehead atoms. The highest BCUT2D eigenvalue weighted by Crippen LogP contribution is 2.23. The van der Waals surface area contributed by atoms with Gasteiger partial charge in [-0.15, -0.1) is 0 Å². The highest BCUT2D eigenvalue weighted by Gasteiger charge is 2.16. The molecular weight excluding hydrogens is 321 g/mol. The Hall–Kier alpha value is -2.07. The molecule has 0 fully saturated rings. The lowest BCUT2D eigenvalue weighted by Crippen LogP contribution is -2.05. The summed E-state index contributed by atoms with van der Waals surface area (Å²) in [4.78, 5) is 16.5. The van der Waals surface area contributed by atoms with Crippen molar-refractivity contribution in [3.63, 3.8) is 0 Å². The van der Waals surface area contributed by atoms with Crippen LogP contribution in [0.1, 0.15) is 15.9 Å². The molecule has 0 aliphatic heterocycles. The van der Waals surface area contributed by atoms with Gasteiger partial charge in [0.05, 0.1) is 5.56 Å². The lowest BCUT2D eigenvalue weighted by Gasteiger charge is -2.06. The first-order valence-corrected chi connectivity index (χ1v) is 6.78. The molecular formula is C16H9BrFNO. The minimum atomic E-state index is -0.532. The van der Waals surface area contributed by atoms with Gasteiger partial charge in [0.1, 0.15) is 5.82 Å². The molecule has 0 aliphatic rings. The Morgan fingerprint density at radius 2 is 1.95 bits per heavy atom. The fraction of sp³-hybridized carbons (Fsp3) is 0. The Morgan fingerprint density at radius 1 is 1.10 bits per heavy atom. The number of hydrogen-bond acceptors (Lipinski definition) is 2. The minimum Gasteiger partial charge on any atom is -0.288 e. The summed E-state index contributed by atoms with van der Waals surface area (Å²) in [5.41, 5.74) is 0.545. The molecule has 0 N–H and O–H groups in total. The standard InChI is InChI=1S/C16H9BrFNO/c17-11-4-5-14(15(18)8-11)16(20)13-3-1-2-10-9-19-7-6-12(10)13/h1-9H. The molecule has 0 unspecified atom stereocenters. The van der Waals surface area contributed by atoms with E-state index in [0.717, 1.165) is 10.8 Å². The van der Waals surface area contributed by atoms with Crippen LogP contribution in [0.2, 0.25) is 0 Å². The summed E-state index contributed by atoms with van der Waals surface area (Å²) in [6, 6.07) is 11.5. The van der Waals surface area contributed by atoms with Crippen LogP contribution in [0.4, 0.5) is 4.39 Å². The number of benzene rings is 2. The minimum absolute atomic E-state index is 0.0671. The van der Waals surface area contributed by atoms with E-state index in [-0.39, 0.29) is 11.3 Å². The van der Waals surface area contributed by atoms with Gasteiger partial charge >= 0.3 is 0 Å². The summed E-state index contributed by atoms with van der Waals surface area (Å²) in [6.07, 6.45) is 3.31. The van der Waals surface area contributed by atoms with E-state index >= 15 is 0 Å². The molecule has 0 atom stereocenters. The molecule has 4 heteroatoms. The number of halogens is 2. The fourth-order valence-corrected chi connectivity index (χ4v) is 2.47. The third-order valence-corrected chi connectivity index (χ3v) is 3.59. The number of nitrogens with zero attached hydrogens (tertiary/aromatic N) is 1. The number of aromatic nitrogens is 1. The lowest BCUT2D eigenvalue weighted by molar-refractivity contribution is 0.103. The SMILES string of the molecule is O=C(c1ccc(Br)cc1F)c1cccc2cnccc12. The second-order valence-electron chi connectivity index (χ2n) is 4.36. The molecule has 1 heterocycles. The summed E-state index contributed by atoms with van der Waals surface area (Å²) in [5.74, 6) is -0.859. The number of ketones is 1. The van der Waals surface area contributed by atoms with Crippen LogP contribution in [0.15, 0.2) is 59.3 Å². The van der Waals surface area contributed by atoms with Gasteiger partial charge in [0.2, 0.25) is 0 Å². The molecule has 0 amide bonds. The average Bonchev–Trinajstić information content (AvgIpc) is 2.46. The zero-order valence-corrected chi connectivity index (χ0v) is 11.9. The van der Waals surface area contributed by atoms with Gasteiger partial charge in [0, 0.05) is 27.8 Å². The van der Waals surface area contributed by atoms with Gasteiger partial charge in [0.25, 0.3) is 0 Å². The van der Waals surface area contributed by atoms with Crippen LogP contribution >= 0.6 is 15.9 Å². The zero-order chi connectivity index (χ0) is 14.1. The predicted molar refractivity (Wildman–Crippen MR) is 79.3 cm³/mol. The number of carbonyl (C=O) groups is 1. The van der Waals surface area contributed by atoms with Crippen LogP contribution < -0.4 is 0 Å². The number of pyridine rings is 1. The van der Waals surface area contributed by atoms with Crippen molar-refractivity contribution in [2.75, 3.05) is 0 Å². The Balaban J connectivity index is 2.18. The zero-order valence-electron chi connectivity index (χ0n) is 10.3. The van der Waals surface area contributed by atoms with E-state index in [9.17, 15) is 9.18 Å². The summed E-state index contributed by atoms with van der Waals surface area (Å²) >= 11 is 3.18. The maximum absolute atomic E-state index is 13.9. The van der Waals surface area contributed by atoms with Crippen LogP contribution in [-0.2, 0) is 0 Å². The van der Waals surface area contributed by atoms with Crippen LogP contribution in [0.5, 0.6) is 0 Å². The third kappa shape index (κ3) is 2.23. The smallest absolute Gasteiger partial charge is 0.196 e. The molecule has 20 heavy (non-hydrogen) atoms. The largest absolute Gasteiger partial charge is 0.288 e. The summed E-state index contributed by atoms with van der Waals surface area (Å²) in [7, 11) is 0. The first-order chi connectivity index (χ1) is 9.66. The number of carbonyl (C=O) groups excluding carboxylic acids is 1. The molecule has 2 aromatic carbocycles. The van der Waals surface area contributed by atoms with Gasteiger partial charge < -0.3 is 0 Å². The second-order valence-corrected chi connectivity index (χ2v) is 5.27. The number of rotatable bonds is 2. The van der Waals surface area contributed by atoms with Crippen LogP contribution in [0.3, 0.4) is 0 Å². The summed E-state index contributed by atoms with van der Waals surface area (Å²) in [5, 5.41) is 1.63. The molecule has 3 aromatic rings. The van der Waals surface area contributed by atoms with E-state index in [4.69, 9.17) is 0 Å². The Labute approximate surface area is 123 Å². The quantitative estimate of drug-likeness (QED) is 0.653. The Morgan fingerprint density at radius 3 is 2.75 bits per heavy atom. The first-order valence-electron chi connectivity index (χ1n) is 5.99. The molecule has 0 spiro atoms. The molecule has 0 radical (unpaired) electrons. The van der Waals surface area contributed by atoms with Crippen molar-refractivity contribution in [3.05, 3.63) is 76.3 Å². The van der Waals surface area contributed by atoms with Crippen molar-refractivity contribution in [2.45, 2.75) is 0 Å². The molecule has 3 rings (SSSR count). The van der Waals surface area contributed by atoms with Crippen molar-refractivity contribution in [3.8, 4) is 0 Å². The third-order valence-electron chi connectivity index (χ3n) is 3.10. The van der Waals surface area contributed by atoms with Crippen molar-refractivity contribution < 1.29 is 9.18 Å². The molecule has 98 valence electrons. The maximum atomic E-state index is 13.9. The number of fused-ring (bicyclic) bond motifs is 1. The average molecular weight is 330 g/mol. The predicted octanol–water partition coefficient (Wildman–Crippen LogP) is 4.37. The van der Waals surface area contributed by atoms with Crippen LogP contribution in [-0.4, -0.2) is 10.8 Å². The normalized spacial score (nSPS) is 10.7. The van der Waals surface area contributed by atoms with Gasteiger partial charge in [-0.05, 0) is 29.7 Å². The second kappa shape index (κ2) is 5.13. The lowest BCUT2D eigenvalue weighted by atomic mass is 9.98.